The molecule has 116 valence electrons. The van der Waals surface area contributed by atoms with Crippen molar-refractivity contribution in [3.63, 3.8) is 0 Å². The molecule has 0 saturated carbocycles. The first-order valence-corrected chi connectivity index (χ1v) is 8.18. The highest BCUT2D eigenvalue weighted by molar-refractivity contribution is 6.23. The van der Waals surface area contributed by atoms with Crippen LogP contribution in [0.15, 0.2) is 54.6 Å². The summed E-state index contributed by atoms with van der Waals surface area (Å²) in [5, 5.41) is 17.8. The lowest BCUT2D eigenvalue weighted by Gasteiger charge is -2.24. The molecule has 2 heteroatoms. The van der Waals surface area contributed by atoms with Crippen LogP contribution in [0.2, 0.25) is 0 Å². The van der Waals surface area contributed by atoms with Gasteiger partial charge in [0.2, 0.25) is 0 Å². The molecule has 0 aliphatic carbocycles. The van der Waals surface area contributed by atoms with E-state index in [-0.39, 0.29) is 12.0 Å². The van der Waals surface area contributed by atoms with Gasteiger partial charge in [0, 0.05) is 0 Å². The molecular formula is C21H21NO. The Hall–Kier alpha value is -2.16. The minimum absolute atomic E-state index is 0.128. The Labute approximate surface area is 135 Å². The number of aliphatic hydroxyl groups is 1. The molecule has 0 spiro atoms. The fraction of sp³-hybridized carbons (Fsp3) is 0.238. The molecule has 2 atom stereocenters. The minimum Gasteiger partial charge on any atom is -0.391 e. The van der Waals surface area contributed by atoms with Gasteiger partial charge in [-0.3, -0.25) is 0 Å². The van der Waals surface area contributed by atoms with E-state index in [4.69, 9.17) is 5.73 Å². The van der Waals surface area contributed by atoms with E-state index in [0.29, 0.717) is 0 Å². The van der Waals surface area contributed by atoms with Crippen LogP contribution in [0, 0.1) is 5.92 Å². The molecule has 0 unspecified atom stereocenters. The van der Waals surface area contributed by atoms with Crippen molar-refractivity contribution < 1.29 is 5.11 Å². The second kappa shape index (κ2) is 5.19. The van der Waals surface area contributed by atoms with E-state index < -0.39 is 6.10 Å². The van der Waals surface area contributed by atoms with Crippen molar-refractivity contribution in [2.24, 2.45) is 11.7 Å². The Morgan fingerprint density at radius 1 is 0.783 bits per heavy atom. The van der Waals surface area contributed by atoms with Crippen LogP contribution in [0.5, 0.6) is 0 Å². The van der Waals surface area contributed by atoms with Crippen molar-refractivity contribution in [1.29, 1.82) is 0 Å². The lowest BCUT2D eigenvalue weighted by molar-refractivity contribution is 0.0984. The maximum Gasteiger partial charge on any atom is 0.0755 e. The normalized spacial score (nSPS) is 15.0. The zero-order valence-corrected chi connectivity index (χ0v) is 13.5. The Morgan fingerprint density at radius 2 is 1.35 bits per heavy atom. The molecule has 0 amide bonds. The van der Waals surface area contributed by atoms with E-state index in [0.717, 1.165) is 10.9 Å². The van der Waals surface area contributed by atoms with Gasteiger partial charge in [-0.2, -0.15) is 0 Å². The molecule has 0 saturated heterocycles. The van der Waals surface area contributed by atoms with Crippen molar-refractivity contribution in [1.82, 2.24) is 0 Å². The summed E-state index contributed by atoms with van der Waals surface area (Å²) in [4.78, 5) is 0. The van der Waals surface area contributed by atoms with Crippen molar-refractivity contribution in [3.8, 4) is 0 Å². The number of benzene rings is 4. The maximum atomic E-state index is 10.4. The average Bonchev–Trinajstić information content (AvgIpc) is 2.58. The number of rotatable bonds is 3. The average molecular weight is 303 g/mol. The molecule has 0 bridgehead atoms. The topological polar surface area (TPSA) is 46.2 Å². The monoisotopic (exact) mass is 303 g/mol. The van der Waals surface area contributed by atoms with Gasteiger partial charge in [-0.15, -0.1) is 0 Å². The van der Waals surface area contributed by atoms with Gasteiger partial charge in [-0.25, -0.2) is 0 Å². The summed E-state index contributed by atoms with van der Waals surface area (Å²) in [7, 11) is 0. The number of nitrogens with two attached hydrogens (primary N) is 1. The van der Waals surface area contributed by atoms with E-state index in [9.17, 15) is 5.11 Å². The van der Waals surface area contributed by atoms with Crippen molar-refractivity contribution in [2.45, 2.75) is 26.0 Å². The third-order valence-electron chi connectivity index (χ3n) is 4.97. The smallest absolute Gasteiger partial charge is 0.0755 e. The SMILES string of the molecule is CC(C)[C@@H](O)[C@@H](N)c1ccc2ccc3cccc4ccc1c2c34. The van der Waals surface area contributed by atoms with Gasteiger partial charge < -0.3 is 10.8 Å². The van der Waals surface area contributed by atoms with Crippen molar-refractivity contribution in [2.75, 3.05) is 0 Å². The first-order chi connectivity index (χ1) is 11.1. The van der Waals surface area contributed by atoms with Crippen LogP contribution in [0.4, 0.5) is 0 Å². The Morgan fingerprint density at radius 3 is 2.00 bits per heavy atom. The highest BCUT2D eigenvalue weighted by atomic mass is 16.3. The summed E-state index contributed by atoms with van der Waals surface area (Å²) in [5.41, 5.74) is 7.41. The largest absolute Gasteiger partial charge is 0.391 e. The van der Waals surface area contributed by atoms with Crippen LogP contribution in [0.25, 0.3) is 32.3 Å². The second-order valence-electron chi connectivity index (χ2n) is 6.77. The van der Waals surface area contributed by atoms with Gasteiger partial charge in [0.05, 0.1) is 12.1 Å². The van der Waals surface area contributed by atoms with E-state index in [1.165, 1.54) is 26.9 Å². The Bertz CT molecular complexity index is 973. The van der Waals surface area contributed by atoms with Crippen molar-refractivity contribution >= 4 is 32.3 Å². The molecule has 3 N–H and O–H groups in total. The van der Waals surface area contributed by atoms with E-state index in [1.54, 1.807) is 0 Å². The van der Waals surface area contributed by atoms with Gasteiger partial charge in [-0.1, -0.05) is 68.4 Å². The predicted octanol–water partition coefficient (Wildman–Crippen LogP) is 4.60. The van der Waals surface area contributed by atoms with Crippen LogP contribution in [0.3, 0.4) is 0 Å². The van der Waals surface area contributed by atoms with E-state index in [2.05, 4.69) is 54.6 Å². The number of hydrogen-bond donors (Lipinski definition) is 2. The zero-order chi connectivity index (χ0) is 16.1. The van der Waals surface area contributed by atoms with Gasteiger partial charge in [-0.05, 0) is 43.8 Å². The Balaban J connectivity index is 2.07. The summed E-state index contributed by atoms with van der Waals surface area (Å²) < 4.78 is 0. The first kappa shape index (κ1) is 14.4. The predicted molar refractivity (Wildman–Crippen MR) is 97.9 cm³/mol. The summed E-state index contributed by atoms with van der Waals surface area (Å²) >= 11 is 0. The van der Waals surface area contributed by atoms with Gasteiger partial charge in [0.25, 0.3) is 0 Å². The molecule has 0 aliphatic rings. The molecule has 4 rings (SSSR count). The lowest BCUT2D eigenvalue weighted by Crippen LogP contribution is -2.30. The molecule has 4 aromatic rings. The fourth-order valence-electron chi connectivity index (χ4n) is 3.65. The summed E-state index contributed by atoms with van der Waals surface area (Å²) in [5.74, 6) is 0.128. The molecule has 23 heavy (non-hydrogen) atoms. The first-order valence-electron chi connectivity index (χ1n) is 8.18. The molecule has 0 fully saturated rings. The van der Waals surface area contributed by atoms with Gasteiger partial charge in [0.1, 0.15) is 0 Å². The van der Waals surface area contributed by atoms with Gasteiger partial charge in [0.15, 0.2) is 0 Å². The summed E-state index contributed by atoms with van der Waals surface area (Å²) in [6.07, 6.45) is -0.548. The molecule has 2 nitrogen and oxygen atoms in total. The van der Waals surface area contributed by atoms with Crippen LogP contribution >= 0.6 is 0 Å². The van der Waals surface area contributed by atoms with Crippen LogP contribution in [0.1, 0.15) is 25.5 Å². The Kier molecular flexibility index (Phi) is 3.26. The molecule has 0 aromatic heterocycles. The van der Waals surface area contributed by atoms with E-state index in [1.807, 2.05) is 13.8 Å². The molecular weight excluding hydrogens is 282 g/mol. The highest BCUT2D eigenvalue weighted by Gasteiger charge is 2.22. The summed E-state index contributed by atoms with van der Waals surface area (Å²) in [6, 6.07) is 18.8. The lowest BCUT2D eigenvalue weighted by atomic mass is 9.87. The quantitative estimate of drug-likeness (QED) is 0.543. The standard InChI is InChI=1S/C21H21NO/c1-12(2)21(23)20(22)17-11-9-15-7-6-13-4-3-5-14-8-10-16(17)19(15)18(13)14/h3-12,20-21,23H,22H2,1-2H3/t20-,21+/m0/s1. The fourth-order valence-corrected chi connectivity index (χ4v) is 3.65. The molecule has 0 aliphatic heterocycles. The molecule has 4 aromatic carbocycles. The zero-order valence-electron chi connectivity index (χ0n) is 13.5. The van der Waals surface area contributed by atoms with Crippen molar-refractivity contribution in [3.05, 3.63) is 60.2 Å². The van der Waals surface area contributed by atoms with Crippen LogP contribution in [-0.4, -0.2) is 11.2 Å². The van der Waals surface area contributed by atoms with Crippen LogP contribution < -0.4 is 5.73 Å². The van der Waals surface area contributed by atoms with Gasteiger partial charge >= 0.3 is 0 Å². The minimum atomic E-state index is -0.548. The summed E-state index contributed by atoms with van der Waals surface area (Å²) in [6.45, 7) is 4.00. The number of aliphatic hydroxyl groups excluding tert-OH is 1. The maximum absolute atomic E-state index is 10.4. The van der Waals surface area contributed by atoms with Crippen LogP contribution in [-0.2, 0) is 0 Å². The third kappa shape index (κ3) is 2.10. The molecule has 0 heterocycles. The number of hydrogen-bond acceptors (Lipinski definition) is 2. The third-order valence-corrected chi connectivity index (χ3v) is 4.97. The highest BCUT2D eigenvalue weighted by Crippen LogP contribution is 2.38. The van der Waals surface area contributed by atoms with E-state index >= 15 is 0 Å². The molecule has 0 radical (unpaired) electrons. The second-order valence-corrected chi connectivity index (χ2v) is 6.77.